The summed E-state index contributed by atoms with van der Waals surface area (Å²) in [5, 5.41) is 0. The zero-order valence-corrected chi connectivity index (χ0v) is 9.44. The van der Waals surface area contributed by atoms with Crippen molar-refractivity contribution in [1.29, 1.82) is 0 Å². The van der Waals surface area contributed by atoms with Crippen LogP contribution in [0.15, 0.2) is 18.2 Å². The van der Waals surface area contributed by atoms with Gasteiger partial charge in [0.15, 0.2) is 5.82 Å². The molecule has 4 nitrogen and oxygen atoms in total. The predicted octanol–water partition coefficient (Wildman–Crippen LogP) is 1.11. The molecule has 0 bridgehead atoms. The third-order valence-electron chi connectivity index (χ3n) is 2.64. The van der Waals surface area contributed by atoms with E-state index in [-0.39, 0.29) is 5.82 Å². The summed E-state index contributed by atoms with van der Waals surface area (Å²) >= 11 is 0. The highest BCUT2D eigenvalue weighted by Gasteiger charge is 2.13. The standard InChI is InChI=1S/C11H15FN4/c1-15(7-6-13)11-14-10-8(12)4-3-5-9(10)16(11)2/h3-5H,6-7,13H2,1-2H3. The number of nitrogens with zero attached hydrogens (tertiary/aromatic N) is 3. The number of hydrogen-bond acceptors (Lipinski definition) is 3. The zero-order valence-electron chi connectivity index (χ0n) is 9.44. The Morgan fingerprint density at radius 2 is 2.25 bits per heavy atom. The molecule has 0 unspecified atom stereocenters. The largest absolute Gasteiger partial charge is 0.344 e. The summed E-state index contributed by atoms with van der Waals surface area (Å²) in [5.41, 5.74) is 6.69. The number of para-hydroxylation sites is 1. The first-order valence-corrected chi connectivity index (χ1v) is 5.17. The van der Waals surface area contributed by atoms with E-state index in [1.165, 1.54) is 6.07 Å². The van der Waals surface area contributed by atoms with E-state index in [1.54, 1.807) is 6.07 Å². The van der Waals surface area contributed by atoms with Gasteiger partial charge in [0.05, 0.1) is 5.52 Å². The summed E-state index contributed by atoms with van der Waals surface area (Å²) < 4.78 is 15.4. The van der Waals surface area contributed by atoms with Crippen LogP contribution in [0.1, 0.15) is 0 Å². The Labute approximate surface area is 93.5 Å². The molecule has 1 heterocycles. The van der Waals surface area contributed by atoms with Crippen LogP contribution < -0.4 is 10.6 Å². The van der Waals surface area contributed by atoms with Crippen LogP contribution in [0.5, 0.6) is 0 Å². The second kappa shape index (κ2) is 4.09. The first-order chi connectivity index (χ1) is 7.65. The molecule has 0 aliphatic carbocycles. The summed E-state index contributed by atoms with van der Waals surface area (Å²) in [4.78, 5) is 6.20. The first-order valence-electron chi connectivity index (χ1n) is 5.17. The number of rotatable bonds is 3. The Hall–Kier alpha value is -1.62. The van der Waals surface area contributed by atoms with E-state index in [0.717, 1.165) is 11.5 Å². The predicted molar refractivity (Wildman–Crippen MR) is 63.0 cm³/mol. The van der Waals surface area contributed by atoms with Crippen molar-refractivity contribution in [2.24, 2.45) is 12.8 Å². The minimum absolute atomic E-state index is 0.291. The van der Waals surface area contributed by atoms with Gasteiger partial charge in [-0.05, 0) is 12.1 Å². The van der Waals surface area contributed by atoms with Gasteiger partial charge in [-0.3, -0.25) is 0 Å². The molecular weight excluding hydrogens is 207 g/mol. The van der Waals surface area contributed by atoms with Crippen molar-refractivity contribution in [1.82, 2.24) is 9.55 Å². The van der Waals surface area contributed by atoms with Crippen LogP contribution in [0.2, 0.25) is 0 Å². The van der Waals surface area contributed by atoms with Gasteiger partial charge in [-0.1, -0.05) is 6.07 Å². The molecule has 2 aromatic rings. The third kappa shape index (κ3) is 1.63. The number of hydrogen-bond donors (Lipinski definition) is 1. The van der Waals surface area contributed by atoms with Gasteiger partial charge < -0.3 is 15.2 Å². The molecule has 0 aliphatic heterocycles. The number of anilines is 1. The van der Waals surface area contributed by atoms with Gasteiger partial charge in [0.1, 0.15) is 5.52 Å². The number of nitrogens with two attached hydrogens (primary N) is 1. The number of halogens is 1. The van der Waals surface area contributed by atoms with E-state index in [2.05, 4.69) is 4.98 Å². The Morgan fingerprint density at radius 3 is 2.88 bits per heavy atom. The topological polar surface area (TPSA) is 47.1 Å². The molecule has 0 amide bonds. The minimum Gasteiger partial charge on any atom is -0.344 e. The fourth-order valence-electron chi connectivity index (χ4n) is 1.80. The number of aromatic nitrogens is 2. The fourth-order valence-corrected chi connectivity index (χ4v) is 1.80. The summed E-state index contributed by atoms with van der Waals surface area (Å²) in [7, 11) is 3.77. The van der Waals surface area contributed by atoms with Gasteiger partial charge in [-0.25, -0.2) is 9.37 Å². The molecule has 2 rings (SSSR count). The number of likely N-dealkylation sites (N-methyl/N-ethyl adjacent to an activating group) is 1. The van der Waals surface area contributed by atoms with Crippen molar-refractivity contribution in [3.63, 3.8) is 0 Å². The molecule has 5 heteroatoms. The summed E-state index contributed by atoms with van der Waals surface area (Å²) in [6, 6.07) is 4.96. The van der Waals surface area contributed by atoms with Crippen molar-refractivity contribution in [2.75, 3.05) is 25.0 Å². The average Bonchev–Trinajstić information content (AvgIpc) is 2.59. The van der Waals surface area contributed by atoms with Gasteiger partial charge in [-0.2, -0.15) is 0 Å². The molecule has 0 atom stereocenters. The monoisotopic (exact) mass is 222 g/mol. The molecular formula is C11H15FN4. The smallest absolute Gasteiger partial charge is 0.206 e. The minimum atomic E-state index is -0.291. The third-order valence-corrected chi connectivity index (χ3v) is 2.64. The van der Waals surface area contributed by atoms with Crippen molar-refractivity contribution < 1.29 is 4.39 Å². The van der Waals surface area contributed by atoms with Crippen LogP contribution >= 0.6 is 0 Å². The van der Waals surface area contributed by atoms with Crippen molar-refractivity contribution in [3.8, 4) is 0 Å². The van der Waals surface area contributed by atoms with E-state index in [0.29, 0.717) is 18.6 Å². The van der Waals surface area contributed by atoms with Crippen LogP contribution in [-0.2, 0) is 7.05 Å². The molecule has 86 valence electrons. The van der Waals surface area contributed by atoms with Gasteiger partial charge >= 0.3 is 0 Å². The van der Waals surface area contributed by atoms with Crippen molar-refractivity contribution in [2.45, 2.75) is 0 Å². The maximum Gasteiger partial charge on any atom is 0.206 e. The van der Waals surface area contributed by atoms with Crippen molar-refractivity contribution in [3.05, 3.63) is 24.0 Å². The average molecular weight is 222 g/mol. The maximum atomic E-state index is 13.5. The molecule has 0 saturated heterocycles. The second-order valence-electron chi connectivity index (χ2n) is 3.79. The molecule has 0 fully saturated rings. The van der Waals surface area contributed by atoms with Crippen molar-refractivity contribution >= 4 is 17.0 Å². The van der Waals surface area contributed by atoms with Gasteiger partial charge in [0.25, 0.3) is 0 Å². The normalized spacial score (nSPS) is 11.0. The molecule has 2 N–H and O–H groups in total. The van der Waals surface area contributed by atoms with Crippen LogP contribution in [0.25, 0.3) is 11.0 Å². The molecule has 1 aromatic carbocycles. The Kier molecular flexibility index (Phi) is 2.78. The SMILES string of the molecule is CN(CCN)c1nc2c(F)cccc2n1C. The lowest BCUT2D eigenvalue weighted by Crippen LogP contribution is -2.27. The molecule has 0 radical (unpaired) electrons. The van der Waals surface area contributed by atoms with Crippen LogP contribution in [0, 0.1) is 5.82 Å². The lowest BCUT2D eigenvalue weighted by Gasteiger charge is -2.16. The molecule has 0 spiro atoms. The number of aryl methyl sites for hydroxylation is 1. The zero-order chi connectivity index (χ0) is 11.7. The maximum absolute atomic E-state index is 13.5. The van der Waals surface area contributed by atoms with Crippen LogP contribution in [0.3, 0.4) is 0 Å². The molecule has 16 heavy (non-hydrogen) atoms. The lowest BCUT2D eigenvalue weighted by atomic mass is 10.3. The summed E-state index contributed by atoms with van der Waals surface area (Å²) in [6.45, 7) is 1.24. The lowest BCUT2D eigenvalue weighted by molar-refractivity contribution is 0.637. The van der Waals surface area contributed by atoms with E-state index in [9.17, 15) is 4.39 Å². The Balaban J connectivity index is 2.55. The second-order valence-corrected chi connectivity index (χ2v) is 3.79. The molecule has 0 aliphatic rings. The van der Waals surface area contributed by atoms with E-state index in [1.807, 2.05) is 29.6 Å². The Morgan fingerprint density at radius 1 is 1.50 bits per heavy atom. The summed E-state index contributed by atoms with van der Waals surface area (Å²) in [5.74, 6) is 0.436. The quantitative estimate of drug-likeness (QED) is 0.846. The number of imidazole rings is 1. The highest BCUT2D eigenvalue weighted by molar-refractivity contribution is 5.79. The fraction of sp³-hybridized carbons (Fsp3) is 0.364. The van der Waals surface area contributed by atoms with Gasteiger partial charge in [0.2, 0.25) is 5.95 Å². The Bertz CT molecular complexity index is 506. The molecule has 1 aromatic heterocycles. The molecule has 0 saturated carbocycles. The number of fused-ring (bicyclic) bond motifs is 1. The number of benzene rings is 1. The van der Waals surface area contributed by atoms with Gasteiger partial charge in [-0.15, -0.1) is 0 Å². The van der Waals surface area contributed by atoms with Crippen LogP contribution in [0.4, 0.5) is 10.3 Å². The van der Waals surface area contributed by atoms with E-state index >= 15 is 0 Å². The van der Waals surface area contributed by atoms with E-state index < -0.39 is 0 Å². The highest BCUT2D eigenvalue weighted by atomic mass is 19.1. The van der Waals surface area contributed by atoms with Gasteiger partial charge in [0, 0.05) is 27.2 Å². The summed E-state index contributed by atoms with van der Waals surface area (Å²) in [6.07, 6.45) is 0. The first kappa shape index (κ1) is 10.9. The van der Waals surface area contributed by atoms with Crippen LogP contribution in [-0.4, -0.2) is 29.7 Å². The highest BCUT2D eigenvalue weighted by Crippen LogP contribution is 2.22. The van der Waals surface area contributed by atoms with E-state index in [4.69, 9.17) is 5.73 Å².